The molecule has 1 aromatic carbocycles. The molecule has 0 saturated heterocycles. The number of carbonyl (C=O) groups excluding carboxylic acids is 1. The lowest BCUT2D eigenvalue weighted by molar-refractivity contribution is 0.0931. The topological polar surface area (TPSA) is 46.9 Å². The molecule has 0 spiro atoms. The van der Waals surface area contributed by atoms with Crippen molar-refractivity contribution in [3.05, 3.63) is 42.2 Å². The molecule has 1 unspecified atom stereocenters. The maximum atomic E-state index is 12.5. The number of para-hydroxylation sites is 1. The zero-order valence-corrected chi connectivity index (χ0v) is 13.5. The third kappa shape index (κ3) is 3.67. The Morgan fingerprint density at radius 3 is 2.71 bits per heavy atom. The van der Waals surface area contributed by atoms with E-state index >= 15 is 0 Å². The van der Waals surface area contributed by atoms with Crippen LogP contribution in [-0.4, -0.2) is 27.8 Å². The van der Waals surface area contributed by atoms with Crippen LogP contribution in [0.25, 0.3) is 5.69 Å². The summed E-state index contributed by atoms with van der Waals surface area (Å²) >= 11 is 1.53. The largest absolute Gasteiger partial charge is 0.348 e. The summed E-state index contributed by atoms with van der Waals surface area (Å²) in [5.41, 5.74) is 1.53. The summed E-state index contributed by atoms with van der Waals surface area (Å²) in [6, 6.07) is 10.0. The van der Waals surface area contributed by atoms with Gasteiger partial charge in [0.25, 0.3) is 5.91 Å². The summed E-state index contributed by atoms with van der Waals surface area (Å²) in [4.78, 5) is 16.8. The summed E-state index contributed by atoms with van der Waals surface area (Å²) in [5.74, 6) is -0.0763. The van der Waals surface area contributed by atoms with Crippen molar-refractivity contribution in [1.82, 2.24) is 14.9 Å². The number of benzene rings is 1. The average molecular weight is 303 g/mol. The third-order valence-electron chi connectivity index (χ3n) is 3.26. The number of rotatable bonds is 6. The van der Waals surface area contributed by atoms with Crippen molar-refractivity contribution in [2.24, 2.45) is 0 Å². The van der Waals surface area contributed by atoms with Gasteiger partial charge in [-0.25, -0.2) is 4.98 Å². The molecule has 4 nitrogen and oxygen atoms in total. The van der Waals surface area contributed by atoms with Crippen molar-refractivity contribution in [2.75, 3.05) is 6.26 Å². The van der Waals surface area contributed by atoms with Gasteiger partial charge in [0.05, 0.1) is 6.20 Å². The highest BCUT2D eigenvalue weighted by molar-refractivity contribution is 7.98. The van der Waals surface area contributed by atoms with Gasteiger partial charge in [-0.15, -0.1) is 0 Å². The molecule has 1 heterocycles. The van der Waals surface area contributed by atoms with Crippen molar-refractivity contribution < 1.29 is 4.79 Å². The van der Waals surface area contributed by atoms with Gasteiger partial charge in [0.15, 0.2) is 5.16 Å². The molecule has 0 fully saturated rings. The third-order valence-corrected chi connectivity index (χ3v) is 3.91. The fraction of sp³-hybridized carbons (Fsp3) is 0.375. The van der Waals surface area contributed by atoms with E-state index in [1.165, 1.54) is 11.8 Å². The molecule has 2 aromatic rings. The maximum Gasteiger partial charge on any atom is 0.270 e. The number of aromatic nitrogens is 2. The second-order valence-electron chi connectivity index (χ2n) is 4.96. The van der Waals surface area contributed by atoms with Crippen molar-refractivity contribution >= 4 is 17.7 Å². The predicted molar refractivity (Wildman–Crippen MR) is 87.2 cm³/mol. The molecular weight excluding hydrogens is 282 g/mol. The Balaban J connectivity index is 2.32. The van der Waals surface area contributed by atoms with Gasteiger partial charge in [0.2, 0.25) is 0 Å². The Kier molecular flexibility index (Phi) is 5.44. The van der Waals surface area contributed by atoms with Crippen LogP contribution in [0.3, 0.4) is 0 Å². The van der Waals surface area contributed by atoms with E-state index in [-0.39, 0.29) is 11.9 Å². The van der Waals surface area contributed by atoms with E-state index in [9.17, 15) is 4.79 Å². The van der Waals surface area contributed by atoms with Crippen molar-refractivity contribution in [3.63, 3.8) is 0 Å². The fourth-order valence-electron chi connectivity index (χ4n) is 2.27. The molecule has 0 radical (unpaired) electrons. The van der Waals surface area contributed by atoms with Gasteiger partial charge in [-0.05, 0) is 31.7 Å². The van der Waals surface area contributed by atoms with Gasteiger partial charge in [0, 0.05) is 11.7 Å². The van der Waals surface area contributed by atoms with Crippen molar-refractivity contribution in [3.8, 4) is 5.69 Å². The number of hydrogen-bond donors (Lipinski definition) is 1. The van der Waals surface area contributed by atoms with E-state index in [0.717, 1.165) is 23.7 Å². The first kappa shape index (κ1) is 15.6. The summed E-state index contributed by atoms with van der Waals surface area (Å²) in [7, 11) is 0. The second kappa shape index (κ2) is 7.31. The predicted octanol–water partition coefficient (Wildman–Crippen LogP) is 3.51. The highest BCUT2D eigenvalue weighted by atomic mass is 32.2. The van der Waals surface area contributed by atoms with Gasteiger partial charge in [-0.2, -0.15) is 0 Å². The second-order valence-corrected chi connectivity index (χ2v) is 5.74. The van der Waals surface area contributed by atoms with Crippen LogP contribution in [0.5, 0.6) is 0 Å². The number of nitrogens with one attached hydrogen (secondary N) is 1. The Labute approximate surface area is 130 Å². The summed E-state index contributed by atoms with van der Waals surface area (Å²) in [6.07, 6.45) is 5.63. The van der Waals surface area contributed by atoms with Crippen molar-refractivity contribution in [2.45, 2.75) is 37.9 Å². The van der Waals surface area contributed by atoms with E-state index < -0.39 is 0 Å². The van der Waals surface area contributed by atoms with Crippen molar-refractivity contribution in [1.29, 1.82) is 0 Å². The molecule has 5 heteroatoms. The van der Waals surface area contributed by atoms with Crippen LogP contribution in [0.2, 0.25) is 0 Å². The van der Waals surface area contributed by atoms with Crippen LogP contribution in [-0.2, 0) is 0 Å². The highest BCUT2D eigenvalue weighted by Gasteiger charge is 2.18. The molecule has 21 heavy (non-hydrogen) atoms. The van der Waals surface area contributed by atoms with Gasteiger partial charge in [-0.3, -0.25) is 9.36 Å². The lowest BCUT2D eigenvalue weighted by Gasteiger charge is -2.15. The Bertz CT molecular complexity index is 595. The van der Waals surface area contributed by atoms with E-state index in [1.54, 1.807) is 6.20 Å². The first-order valence-electron chi connectivity index (χ1n) is 7.15. The molecule has 0 aliphatic heterocycles. The van der Waals surface area contributed by atoms with Crippen LogP contribution in [0.1, 0.15) is 37.2 Å². The summed E-state index contributed by atoms with van der Waals surface area (Å²) in [6.45, 7) is 4.14. The van der Waals surface area contributed by atoms with Gasteiger partial charge in [0.1, 0.15) is 5.69 Å². The minimum atomic E-state index is -0.0763. The molecule has 1 amide bonds. The lowest BCUT2D eigenvalue weighted by atomic mass is 10.2. The molecule has 0 aliphatic rings. The highest BCUT2D eigenvalue weighted by Crippen LogP contribution is 2.21. The van der Waals surface area contributed by atoms with Gasteiger partial charge < -0.3 is 5.32 Å². The zero-order valence-electron chi connectivity index (χ0n) is 12.7. The number of thioether (sulfide) groups is 1. The lowest BCUT2D eigenvalue weighted by Crippen LogP contribution is -2.33. The minimum absolute atomic E-state index is 0.0763. The van der Waals surface area contributed by atoms with Crippen LogP contribution >= 0.6 is 11.8 Å². The van der Waals surface area contributed by atoms with Crippen LogP contribution in [0, 0.1) is 0 Å². The minimum Gasteiger partial charge on any atom is -0.348 e. The summed E-state index contributed by atoms with van der Waals surface area (Å²) < 4.78 is 1.90. The van der Waals surface area contributed by atoms with Crippen LogP contribution in [0.4, 0.5) is 0 Å². The van der Waals surface area contributed by atoms with Gasteiger partial charge >= 0.3 is 0 Å². The zero-order chi connectivity index (χ0) is 15.2. The number of nitrogens with zero attached hydrogens (tertiary/aromatic N) is 2. The fourth-order valence-corrected chi connectivity index (χ4v) is 2.81. The maximum absolute atomic E-state index is 12.5. The number of carbonyl (C=O) groups is 1. The molecule has 112 valence electrons. The molecule has 1 atom stereocenters. The smallest absolute Gasteiger partial charge is 0.270 e. The molecule has 0 aliphatic carbocycles. The summed E-state index contributed by atoms with van der Waals surface area (Å²) in [5, 5.41) is 3.85. The van der Waals surface area contributed by atoms with Gasteiger partial charge in [-0.1, -0.05) is 43.3 Å². The SMILES string of the molecule is CCCC(C)NC(=O)c1cnc(SC)n1-c1ccccc1. The molecular formula is C16H21N3OS. The Hall–Kier alpha value is -1.75. The number of hydrogen-bond acceptors (Lipinski definition) is 3. The van der Waals surface area contributed by atoms with E-state index in [2.05, 4.69) is 17.2 Å². The van der Waals surface area contributed by atoms with E-state index in [0.29, 0.717) is 5.69 Å². The molecule has 0 saturated carbocycles. The van der Waals surface area contributed by atoms with Crippen LogP contribution < -0.4 is 5.32 Å². The average Bonchev–Trinajstić information content (AvgIpc) is 2.92. The molecule has 0 bridgehead atoms. The standard InChI is InChI=1S/C16H21N3OS/c1-4-8-12(2)18-15(20)14-11-17-16(21-3)19(14)13-9-6-5-7-10-13/h5-7,9-12H,4,8H2,1-3H3,(H,18,20). The Morgan fingerprint density at radius 2 is 2.10 bits per heavy atom. The monoisotopic (exact) mass is 303 g/mol. The van der Waals surface area contributed by atoms with Crippen LogP contribution in [0.15, 0.2) is 41.7 Å². The quantitative estimate of drug-likeness (QED) is 0.831. The first-order chi connectivity index (χ1) is 10.2. The first-order valence-corrected chi connectivity index (χ1v) is 8.37. The normalized spacial score (nSPS) is 12.1. The molecule has 1 aromatic heterocycles. The Morgan fingerprint density at radius 1 is 1.38 bits per heavy atom. The number of amides is 1. The van der Waals surface area contributed by atoms with E-state index in [4.69, 9.17) is 0 Å². The van der Waals surface area contributed by atoms with E-state index in [1.807, 2.05) is 48.1 Å². The molecule has 1 N–H and O–H groups in total. The molecule has 2 rings (SSSR count). The number of imidazole rings is 1.